The molecule has 1 saturated carbocycles. The molecule has 1 aromatic heterocycles. The molecule has 0 atom stereocenters. The van der Waals surface area contributed by atoms with Crippen LogP contribution in [-0.2, 0) is 11.3 Å². The summed E-state index contributed by atoms with van der Waals surface area (Å²) in [6, 6.07) is 0. The molecule has 6 heteroatoms. The molecule has 1 fully saturated rings. The molecule has 0 aromatic carbocycles. The average molecular weight is 300 g/mol. The maximum atomic E-state index is 13.0. The molecule has 1 heterocycles. The number of nitrogens with zero attached hydrogens (tertiary/aromatic N) is 2. The van der Waals surface area contributed by atoms with Gasteiger partial charge in [-0.25, -0.2) is 0 Å². The minimum absolute atomic E-state index is 0.0401. The number of methoxy groups -OCH3 is 1. The fraction of sp³-hybridized carbons (Fsp3) is 0.714. The Hall–Kier alpha value is -0.910. The lowest BCUT2D eigenvalue weighted by Gasteiger charge is -2.34. The third kappa shape index (κ3) is 2.90. The van der Waals surface area contributed by atoms with Crippen molar-refractivity contribution >= 4 is 17.4 Å². The van der Waals surface area contributed by atoms with E-state index in [4.69, 9.17) is 22.1 Å². The van der Waals surface area contributed by atoms with Crippen LogP contribution in [0.1, 0.15) is 42.6 Å². The summed E-state index contributed by atoms with van der Waals surface area (Å²) in [4.78, 5) is 13.0. The number of rotatable bonds is 6. The molecule has 0 radical (unpaired) electrons. The van der Waals surface area contributed by atoms with Gasteiger partial charge in [0.15, 0.2) is 5.78 Å². The maximum absolute atomic E-state index is 13.0. The van der Waals surface area contributed by atoms with Crippen molar-refractivity contribution in [1.29, 1.82) is 0 Å². The Morgan fingerprint density at radius 1 is 1.50 bits per heavy atom. The van der Waals surface area contributed by atoms with E-state index >= 15 is 0 Å². The van der Waals surface area contributed by atoms with Crippen molar-refractivity contribution in [2.24, 2.45) is 11.1 Å². The predicted molar refractivity (Wildman–Crippen MR) is 78.0 cm³/mol. The highest BCUT2D eigenvalue weighted by atomic mass is 35.5. The number of aromatic nitrogens is 2. The van der Waals surface area contributed by atoms with Crippen LogP contribution in [-0.4, -0.2) is 35.8 Å². The number of carbonyl (C=O) groups is 1. The van der Waals surface area contributed by atoms with Crippen molar-refractivity contribution in [3.63, 3.8) is 0 Å². The number of hydrogen-bond acceptors (Lipinski definition) is 4. The first-order chi connectivity index (χ1) is 9.64. The second-order valence-corrected chi connectivity index (χ2v) is 5.84. The quantitative estimate of drug-likeness (QED) is 0.818. The first-order valence-corrected chi connectivity index (χ1v) is 7.47. The molecular formula is C14H22ClN3O2. The van der Waals surface area contributed by atoms with E-state index in [2.05, 4.69) is 5.10 Å². The normalized spacial score (nSPS) is 18.1. The van der Waals surface area contributed by atoms with Gasteiger partial charge >= 0.3 is 0 Å². The Morgan fingerprint density at radius 3 is 2.80 bits per heavy atom. The Bertz CT molecular complexity index is 467. The molecular weight excluding hydrogens is 278 g/mol. The number of carbonyl (C=O) groups excluding carboxylic acids is 1. The van der Waals surface area contributed by atoms with Crippen molar-refractivity contribution in [3.8, 4) is 0 Å². The van der Waals surface area contributed by atoms with Crippen LogP contribution in [0.3, 0.4) is 0 Å². The van der Waals surface area contributed by atoms with E-state index in [0.717, 1.165) is 25.7 Å². The number of Topliss-reactive ketones (excluding diaryl/α,β-unsaturated/α-hetero) is 1. The van der Waals surface area contributed by atoms with Gasteiger partial charge in [0.1, 0.15) is 5.69 Å². The largest absolute Gasteiger partial charge is 0.383 e. The Morgan fingerprint density at radius 2 is 2.20 bits per heavy atom. The zero-order valence-electron chi connectivity index (χ0n) is 11.9. The fourth-order valence-electron chi connectivity index (χ4n) is 2.94. The first-order valence-electron chi connectivity index (χ1n) is 7.10. The third-order valence-corrected chi connectivity index (χ3v) is 4.48. The van der Waals surface area contributed by atoms with E-state index in [9.17, 15) is 4.79 Å². The van der Waals surface area contributed by atoms with E-state index in [1.807, 2.05) is 0 Å². The summed E-state index contributed by atoms with van der Waals surface area (Å²) in [5, 5.41) is 4.58. The Labute approximate surface area is 124 Å². The minimum Gasteiger partial charge on any atom is -0.383 e. The van der Waals surface area contributed by atoms with E-state index < -0.39 is 5.41 Å². The fourth-order valence-corrected chi connectivity index (χ4v) is 3.17. The van der Waals surface area contributed by atoms with Gasteiger partial charge in [0, 0.05) is 19.1 Å². The molecule has 0 amide bonds. The highest BCUT2D eigenvalue weighted by Crippen LogP contribution is 2.39. The lowest BCUT2D eigenvalue weighted by Crippen LogP contribution is -2.41. The summed E-state index contributed by atoms with van der Waals surface area (Å²) in [5.41, 5.74) is 5.94. The minimum atomic E-state index is -0.466. The van der Waals surface area contributed by atoms with Crippen LogP contribution < -0.4 is 5.73 Å². The monoisotopic (exact) mass is 299 g/mol. The summed E-state index contributed by atoms with van der Waals surface area (Å²) in [6.07, 6.45) is 6.48. The van der Waals surface area contributed by atoms with Crippen molar-refractivity contribution in [2.45, 2.75) is 38.6 Å². The standard InChI is InChI=1S/C14H22ClN3O2/c1-20-8-7-18-12(11(15)9-17-18)13(19)14(10-16)5-3-2-4-6-14/h9H,2-8,10,16H2,1H3. The van der Waals surface area contributed by atoms with Crippen LogP contribution in [0.15, 0.2) is 6.20 Å². The van der Waals surface area contributed by atoms with Gasteiger partial charge in [0.25, 0.3) is 0 Å². The molecule has 20 heavy (non-hydrogen) atoms. The summed E-state index contributed by atoms with van der Waals surface area (Å²) in [7, 11) is 1.62. The summed E-state index contributed by atoms with van der Waals surface area (Å²) < 4.78 is 6.69. The van der Waals surface area contributed by atoms with E-state index in [-0.39, 0.29) is 5.78 Å². The van der Waals surface area contributed by atoms with Gasteiger partial charge in [-0.05, 0) is 12.8 Å². The molecule has 0 spiro atoms. The SMILES string of the molecule is COCCn1ncc(Cl)c1C(=O)C1(CN)CCCCC1. The van der Waals surface area contributed by atoms with Crippen LogP contribution in [0.4, 0.5) is 0 Å². The molecule has 112 valence electrons. The molecule has 1 aromatic rings. The van der Waals surface area contributed by atoms with Gasteiger partial charge in [0.05, 0.1) is 24.4 Å². The van der Waals surface area contributed by atoms with Gasteiger partial charge in [0.2, 0.25) is 0 Å². The lowest BCUT2D eigenvalue weighted by molar-refractivity contribution is 0.0714. The van der Waals surface area contributed by atoms with E-state index in [0.29, 0.717) is 30.4 Å². The summed E-state index contributed by atoms with van der Waals surface area (Å²) in [6.45, 7) is 1.39. The maximum Gasteiger partial charge on any atom is 0.189 e. The zero-order valence-corrected chi connectivity index (χ0v) is 12.7. The molecule has 2 rings (SSSR count). The van der Waals surface area contributed by atoms with Crippen molar-refractivity contribution in [1.82, 2.24) is 9.78 Å². The summed E-state index contributed by atoms with van der Waals surface area (Å²) >= 11 is 6.17. The second kappa shape index (κ2) is 6.70. The second-order valence-electron chi connectivity index (χ2n) is 5.43. The Balaban J connectivity index is 2.29. The lowest BCUT2D eigenvalue weighted by atomic mass is 9.70. The molecule has 5 nitrogen and oxygen atoms in total. The number of nitrogens with two attached hydrogens (primary N) is 1. The Kier molecular flexibility index (Phi) is 5.18. The smallest absolute Gasteiger partial charge is 0.189 e. The van der Waals surface area contributed by atoms with Crippen LogP contribution in [0, 0.1) is 5.41 Å². The van der Waals surface area contributed by atoms with E-state index in [1.54, 1.807) is 11.8 Å². The topological polar surface area (TPSA) is 70.1 Å². The average Bonchev–Trinajstić information content (AvgIpc) is 2.85. The van der Waals surface area contributed by atoms with Crippen molar-refractivity contribution < 1.29 is 9.53 Å². The van der Waals surface area contributed by atoms with Gasteiger partial charge in [-0.1, -0.05) is 30.9 Å². The number of hydrogen-bond donors (Lipinski definition) is 1. The van der Waals surface area contributed by atoms with Crippen LogP contribution >= 0.6 is 11.6 Å². The predicted octanol–water partition coefficient (Wildman–Crippen LogP) is 2.27. The van der Waals surface area contributed by atoms with Gasteiger partial charge in [-0.3, -0.25) is 9.48 Å². The van der Waals surface area contributed by atoms with Crippen LogP contribution in [0.2, 0.25) is 5.02 Å². The third-order valence-electron chi connectivity index (χ3n) is 4.20. The highest BCUT2D eigenvalue weighted by molar-refractivity contribution is 6.33. The molecule has 0 unspecified atom stereocenters. The molecule has 0 aliphatic heterocycles. The van der Waals surface area contributed by atoms with Crippen molar-refractivity contribution in [3.05, 3.63) is 16.9 Å². The number of ether oxygens (including phenoxy) is 1. The summed E-state index contributed by atoms with van der Waals surface area (Å²) in [5.74, 6) is 0.0401. The molecule has 0 bridgehead atoms. The van der Waals surface area contributed by atoms with Crippen LogP contribution in [0.25, 0.3) is 0 Å². The van der Waals surface area contributed by atoms with Crippen molar-refractivity contribution in [2.75, 3.05) is 20.3 Å². The molecule has 1 aliphatic rings. The molecule has 0 saturated heterocycles. The van der Waals surface area contributed by atoms with Gasteiger partial charge in [-0.15, -0.1) is 0 Å². The molecule has 1 aliphatic carbocycles. The number of halogens is 1. The van der Waals surface area contributed by atoms with Gasteiger partial charge in [-0.2, -0.15) is 5.10 Å². The first kappa shape index (κ1) is 15.5. The highest BCUT2D eigenvalue weighted by Gasteiger charge is 2.40. The van der Waals surface area contributed by atoms with Crippen LogP contribution in [0.5, 0.6) is 0 Å². The van der Waals surface area contributed by atoms with E-state index in [1.165, 1.54) is 12.6 Å². The van der Waals surface area contributed by atoms with Gasteiger partial charge < -0.3 is 10.5 Å². The molecule has 2 N–H and O–H groups in total. The number of ketones is 1. The zero-order chi connectivity index (χ0) is 14.6.